The molecule has 2 N–H and O–H groups in total. The number of methoxy groups -OCH3 is 1. The Morgan fingerprint density at radius 2 is 2.32 bits per heavy atom. The Morgan fingerprint density at radius 3 is 3.00 bits per heavy atom. The first-order chi connectivity index (χ1) is 9.19. The van der Waals surface area contributed by atoms with Crippen LogP contribution in [-0.2, 0) is 16.1 Å². The van der Waals surface area contributed by atoms with E-state index in [0.717, 1.165) is 6.42 Å². The van der Waals surface area contributed by atoms with Gasteiger partial charge in [0.1, 0.15) is 0 Å². The molecule has 0 aliphatic carbocycles. The Labute approximate surface area is 112 Å². The monoisotopic (exact) mass is 268 g/mol. The predicted octanol–water partition coefficient (Wildman–Crippen LogP) is -0.172. The molecule has 1 rings (SSSR count). The van der Waals surface area contributed by atoms with E-state index >= 15 is 0 Å². The molecular weight excluding hydrogens is 248 g/mol. The molecule has 0 atom stereocenters. The average molecular weight is 268 g/mol. The van der Waals surface area contributed by atoms with E-state index in [2.05, 4.69) is 15.6 Å². The van der Waals surface area contributed by atoms with Crippen molar-refractivity contribution in [2.45, 2.75) is 19.9 Å². The summed E-state index contributed by atoms with van der Waals surface area (Å²) in [4.78, 5) is 27.3. The number of aryl methyl sites for hydroxylation is 1. The summed E-state index contributed by atoms with van der Waals surface area (Å²) in [5.41, 5.74) is -0.214. The molecule has 0 aliphatic rings. The fourth-order valence-corrected chi connectivity index (χ4v) is 1.50. The molecule has 106 valence electrons. The second-order valence-corrected chi connectivity index (χ2v) is 3.97. The van der Waals surface area contributed by atoms with E-state index in [1.54, 1.807) is 24.1 Å². The van der Waals surface area contributed by atoms with Crippen LogP contribution >= 0.6 is 0 Å². The lowest BCUT2D eigenvalue weighted by atomic mass is 10.4. The summed E-state index contributed by atoms with van der Waals surface area (Å²) in [6, 6.07) is 0. The summed E-state index contributed by atoms with van der Waals surface area (Å²) >= 11 is 0. The van der Waals surface area contributed by atoms with E-state index in [4.69, 9.17) is 4.74 Å². The van der Waals surface area contributed by atoms with Gasteiger partial charge in [0.25, 0.3) is 5.56 Å². The molecule has 1 aromatic heterocycles. The second-order valence-electron chi connectivity index (χ2n) is 3.97. The first-order valence-corrected chi connectivity index (χ1v) is 6.24. The van der Waals surface area contributed by atoms with Gasteiger partial charge in [-0.3, -0.25) is 9.59 Å². The third-order valence-electron chi connectivity index (χ3n) is 2.42. The van der Waals surface area contributed by atoms with E-state index in [0.29, 0.717) is 19.7 Å². The minimum Gasteiger partial charge on any atom is -0.383 e. The normalized spacial score (nSPS) is 10.2. The Bertz CT molecular complexity index is 459. The number of rotatable bonds is 8. The highest BCUT2D eigenvalue weighted by Crippen LogP contribution is 1.93. The molecule has 0 bridgehead atoms. The number of nitrogens with one attached hydrogen (secondary N) is 2. The molecule has 1 aromatic rings. The summed E-state index contributed by atoms with van der Waals surface area (Å²) in [5, 5.41) is 5.39. The molecule has 7 nitrogen and oxygen atoms in total. The molecule has 0 saturated heterocycles. The molecule has 0 saturated carbocycles. The van der Waals surface area contributed by atoms with E-state index < -0.39 is 0 Å². The Morgan fingerprint density at radius 1 is 1.53 bits per heavy atom. The van der Waals surface area contributed by atoms with Crippen LogP contribution in [0.15, 0.2) is 17.2 Å². The zero-order valence-electron chi connectivity index (χ0n) is 11.3. The zero-order chi connectivity index (χ0) is 14.1. The fourth-order valence-electron chi connectivity index (χ4n) is 1.50. The highest BCUT2D eigenvalue weighted by Gasteiger charge is 2.06. The van der Waals surface area contributed by atoms with Crippen LogP contribution in [0.5, 0.6) is 0 Å². The maximum absolute atomic E-state index is 11.9. The molecule has 0 spiro atoms. The third-order valence-corrected chi connectivity index (χ3v) is 2.42. The topological polar surface area (TPSA) is 85.2 Å². The number of amides is 1. The highest BCUT2D eigenvalue weighted by molar-refractivity contribution is 5.80. The van der Waals surface area contributed by atoms with Crippen LogP contribution in [0.1, 0.15) is 13.3 Å². The van der Waals surface area contributed by atoms with Gasteiger partial charge in [-0.25, -0.2) is 4.98 Å². The molecule has 7 heteroatoms. The van der Waals surface area contributed by atoms with Gasteiger partial charge < -0.3 is 19.9 Å². The maximum atomic E-state index is 11.9. The van der Waals surface area contributed by atoms with E-state index in [1.165, 1.54) is 0 Å². The number of carbonyl (C=O) groups excluding carboxylic acids is 1. The maximum Gasteiger partial charge on any atom is 0.293 e. The van der Waals surface area contributed by atoms with Crippen molar-refractivity contribution in [2.75, 3.05) is 32.1 Å². The van der Waals surface area contributed by atoms with Crippen molar-refractivity contribution in [3.05, 3.63) is 22.7 Å². The summed E-state index contributed by atoms with van der Waals surface area (Å²) in [5.74, 6) is -0.0120. The van der Waals surface area contributed by atoms with Crippen molar-refractivity contribution in [3.63, 3.8) is 0 Å². The van der Waals surface area contributed by atoms with Gasteiger partial charge in [-0.05, 0) is 6.42 Å². The number of hydrogen-bond acceptors (Lipinski definition) is 5. The molecule has 0 aliphatic heterocycles. The van der Waals surface area contributed by atoms with Gasteiger partial charge in [0, 0.05) is 32.6 Å². The first-order valence-electron chi connectivity index (χ1n) is 6.24. The molecule has 19 heavy (non-hydrogen) atoms. The van der Waals surface area contributed by atoms with Crippen LogP contribution in [-0.4, -0.2) is 42.3 Å². The SMILES string of the molecule is CCCn1ccnc(NCC(=O)NCCOC)c1=O. The quantitative estimate of drug-likeness (QED) is 0.639. The largest absolute Gasteiger partial charge is 0.383 e. The third kappa shape index (κ3) is 5.09. The van der Waals surface area contributed by atoms with Crippen molar-refractivity contribution in [2.24, 2.45) is 0 Å². The van der Waals surface area contributed by atoms with Crippen LogP contribution in [0.25, 0.3) is 0 Å². The minimum absolute atomic E-state index is 0.0160. The Hall–Kier alpha value is -1.89. The van der Waals surface area contributed by atoms with E-state index in [1.807, 2.05) is 6.92 Å². The number of nitrogens with zero attached hydrogens (tertiary/aromatic N) is 2. The molecule has 1 amide bonds. The van der Waals surface area contributed by atoms with Crippen LogP contribution in [0.2, 0.25) is 0 Å². The van der Waals surface area contributed by atoms with Crippen LogP contribution in [0.3, 0.4) is 0 Å². The van der Waals surface area contributed by atoms with E-state index in [-0.39, 0.29) is 23.8 Å². The number of ether oxygens (including phenoxy) is 1. The lowest BCUT2D eigenvalue weighted by Crippen LogP contribution is -2.34. The van der Waals surface area contributed by atoms with Crippen molar-refractivity contribution in [3.8, 4) is 0 Å². The van der Waals surface area contributed by atoms with E-state index in [9.17, 15) is 9.59 Å². The molecule has 0 fully saturated rings. The summed E-state index contributed by atoms with van der Waals surface area (Å²) < 4.78 is 6.38. The second kappa shape index (κ2) is 8.25. The molecule has 0 unspecified atom stereocenters. The Kier molecular flexibility index (Phi) is 6.59. The molecule has 0 radical (unpaired) electrons. The molecule has 1 heterocycles. The van der Waals surface area contributed by atoms with Crippen molar-refractivity contribution in [1.82, 2.24) is 14.9 Å². The van der Waals surface area contributed by atoms with Crippen molar-refractivity contribution < 1.29 is 9.53 Å². The van der Waals surface area contributed by atoms with Gasteiger partial charge in [-0.1, -0.05) is 6.92 Å². The standard InChI is InChI=1S/C12H20N4O3/c1-3-6-16-7-4-14-11(12(16)18)15-9-10(17)13-5-8-19-2/h4,7H,3,5-6,8-9H2,1-2H3,(H,13,17)(H,14,15). The lowest BCUT2D eigenvalue weighted by Gasteiger charge is -2.08. The lowest BCUT2D eigenvalue weighted by molar-refractivity contribution is -0.119. The van der Waals surface area contributed by atoms with Crippen LogP contribution in [0.4, 0.5) is 5.82 Å². The summed E-state index contributed by atoms with van der Waals surface area (Å²) in [6.45, 7) is 3.54. The highest BCUT2D eigenvalue weighted by atomic mass is 16.5. The number of aromatic nitrogens is 2. The minimum atomic E-state index is -0.214. The van der Waals surface area contributed by atoms with Crippen LogP contribution in [0, 0.1) is 0 Å². The van der Waals surface area contributed by atoms with Gasteiger partial charge >= 0.3 is 0 Å². The predicted molar refractivity (Wildman–Crippen MR) is 72.2 cm³/mol. The van der Waals surface area contributed by atoms with Gasteiger partial charge in [0.05, 0.1) is 13.2 Å². The fraction of sp³-hybridized carbons (Fsp3) is 0.583. The smallest absolute Gasteiger partial charge is 0.293 e. The number of carbonyl (C=O) groups is 1. The Balaban J connectivity index is 2.51. The summed E-state index contributed by atoms with van der Waals surface area (Å²) in [6.07, 6.45) is 4.04. The zero-order valence-corrected chi connectivity index (χ0v) is 11.3. The molecule has 0 aromatic carbocycles. The van der Waals surface area contributed by atoms with Gasteiger partial charge in [0.2, 0.25) is 5.91 Å². The number of anilines is 1. The van der Waals surface area contributed by atoms with Crippen LogP contribution < -0.4 is 16.2 Å². The first kappa shape index (κ1) is 15.2. The summed E-state index contributed by atoms with van der Waals surface area (Å²) in [7, 11) is 1.56. The van der Waals surface area contributed by atoms with Crippen molar-refractivity contribution in [1.29, 1.82) is 0 Å². The van der Waals surface area contributed by atoms with Gasteiger partial charge in [0.15, 0.2) is 5.82 Å². The number of hydrogen-bond donors (Lipinski definition) is 2. The molecular formula is C12H20N4O3. The van der Waals surface area contributed by atoms with Gasteiger partial charge in [-0.2, -0.15) is 0 Å². The average Bonchev–Trinajstić information content (AvgIpc) is 2.40. The van der Waals surface area contributed by atoms with Gasteiger partial charge in [-0.15, -0.1) is 0 Å². The van der Waals surface area contributed by atoms with Crippen molar-refractivity contribution >= 4 is 11.7 Å².